The van der Waals surface area contributed by atoms with Gasteiger partial charge >= 0.3 is 5.97 Å². The first-order valence-corrected chi connectivity index (χ1v) is 29.8. The molecule has 0 aromatic rings. The van der Waals surface area contributed by atoms with E-state index in [4.69, 9.17) is 13.8 Å². The minimum Gasteiger partial charge on any atom is -0.756 e. The number of ether oxygens (including phenoxy) is 1. The zero-order valence-corrected chi connectivity index (χ0v) is 45.8. The quantitative estimate of drug-likeness (QED) is 0.0212. The van der Waals surface area contributed by atoms with E-state index in [1.165, 1.54) is 148 Å². The van der Waals surface area contributed by atoms with Crippen molar-refractivity contribution in [3.05, 3.63) is 36.5 Å². The van der Waals surface area contributed by atoms with Gasteiger partial charge in [-0.15, -0.1) is 0 Å². The van der Waals surface area contributed by atoms with Gasteiger partial charge in [-0.1, -0.05) is 231 Å². The molecule has 67 heavy (non-hydrogen) atoms. The third-order valence-electron chi connectivity index (χ3n) is 12.6. The average Bonchev–Trinajstić information content (AvgIpc) is 3.28. The standard InChI is InChI=1S/C57H109N2O7P/c1-7-10-13-16-19-22-25-28-30-32-35-38-41-44-47-50-57(61)66-55(48-45-42-39-36-33-27-24-21-18-15-12-9-3)54(53-65-67(62,63)64-52-51-59(4,5)6)58-56(60)49-46-43-40-37-34-31-29-26-23-20-17-14-11-8-2/h11,14,20,23,45,48,54-55H,7-10,12-13,15-19,21-22,24-44,46-47,49-53H2,1-6H3,(H-,58,60,62,63)/b14-11+,23-20+,48-45+. The third-order valence-corrected chi connectivity index (χ3v) is 13.5. The summed E-state index contributed by atoms with van der Waals surface area (Å²) in [5.41, 5.74) is 0. The van der Waals surface area contributed by atoms with Gasteiger partial charge in [-0.05, 0) is 57.4 Å². The average molecular weight is 965 g/mol. The molecule has 9 nitrogen and oxygen atoms in total. The molecule has 0 aromatic carbocycles. The van der Waals surface area contributed by atoms with Crippen LogP contribution < -0.4 is 10.2 Å². The van der Waals surface area contributed by atoms with Crippen molar-refractivity contribution in [1.82, 2.24) is 5.32 Å². The van der Waals surface area contributed by atoms with E-state index in [0.29, 0.717) is 17.4 Å². The maximum absolute atomic E-state index is 13.5. The monoisotopic (exact) mass is 965 g/mol. The molecule has 0 heterocycles. The number of carbonyl (C=O) groups is 2. The fourth-order valence-corrected chi connectivity index (χ4v) is 8.93. The van der Waals surface area contributed by atoms with Crippen molar-refractivity contribution >= 4 is 19.7 Å². The predicted octanol–water partition coefficient (Wildman–Crippen LogP) is 16.1. The van der Waals surface area contributed by atoms with E-state index in [2.05, 4.69) is 50.4 Å². The number of likely N-dealkylation sites (N-methyl/N-ethyl adjacent to an activating group) is 1. The molecule has 3 unspecified atom stereocenters. The van der Waals surface area contributed by atoms with Gasteiger partial charge in [0.25, 0.3) is 7.82 Å². The van der Waals surface area contributed by atoms with E-state index in [1.54, 1.807) is 0 Å². The summed E-state index contributed by atoms with van der Waals surface area (Å²) in [5.74, 6) is -0.542. The fraction of sp³-hybridized carbons (Fsp3) is 0.860. The fourth-order valence-electron chi connectivity index (χ4n) is 8.21. The number of carbonyl (C=O) groups excluding carboxylic acids is 2. The summed E-state index contributed by atoms with van der Waals surface area (Å²) < 4.78 is 30.2. The predicted molar refractivity (Wildman–Crippen MR) is 284 cm³/mol. The van der Waals surface area contributed by atoms with Crippen molar-refractivity contribution < 1.29 is 37.3 Å². The molecule has 3 atom stereocenters. The second-order valence-electron chi connectivity index (χ2n) is 20.4. The summed E-state index contributed by atoms with van der Waals surface area (Å²) in [4.78, 5) is 39.8. The number of amides is 1. The van der Waals surface area contributed by atoms with Gasteiger partial charge in [0.1, 0.15) is 19.3 Å². The summed E-state index contributed by atoms with van der Waals surface area (Å²) in [5, 5.41) is 3.02. The molecule has 0 bridgehead atoms. The van der Waals surface area contributed by atoms with E-state index >= 15 is 0 Å². The Hall–Kier alpha value is -1.77. The van der Waals surface area contributed by atoms with Gasteiger partial charge < -0.3 is 28.5 Å². The molecule has 10 heteroatoms. The molecule has 0 radical (unpaired) electrons. The topological polar surface area (TPSA) is 114 Å². The normalized spacial score (nSPS) is 14.1. The van der Waals surface area contributed by atoms with Crippen LogP contribution >= 0.6 is 7.82 Å². The second-order valence-corrected chi connectivity index (χ2v) is 21.8. The molecule has 0 saturated carbocycles. The lowest BCUT2D eigenvalue weighted by Gasteiger charge is -2.30. The van der Waals surface area contributed by atoms with E-state index < -0.39 is 20.0 Å². The Morgan fingerprint density at radius 3 is 1.42 bits per heavy atom. The largest absolute Gasteiger partial charge is 0.756 e. The molecule has 0 saturated heterocycles. The number of phosphoric acid groups is 1. The molecule has 0 aliphatic rings. The summed E-state index contributed by atoms with van der Waals surface area (Å²) in [7, 11) is 1.19. The lowest BCUT2D eigenvalue weighted by atomic mass is 10.0. The van der Waals surface area contributed by atoms with Crippen LogP contribution in [0.15, 0.2) is 36.5 Å². The van der Waals surface area contributed by atoms with Gasteiger partial charge in [0, 0.05) is 12.8 Å². The highest BCUT2D eigenvalue weighted by Gasteiger charge is 2.27. The number of rotatable bonds is 51. The van der Waals surface area contributed by atoms with Gasteiger partial charge in [0.05, 0.1) is 33.8 Å². The Balaban J connectivity index is 5.35. The molecule has 0 rings (SSSR count). The van der Waals surface area contributed by atoms with Gasteiger partial charge in [-0.3, -0.25) is 14.2 Å². The minimum atomic E-state index is -4.69. The van der Waals surface area contributed by atoms with Crippen molar-refractivity contribution in [3.63, 3.8) is 0 Å². The van der Waals surface area contributed by atoms with Crippen molar-refractivity contribution in [2.45, 2.75) is 277 Å². The first-order chi connectivity index (χ1) is 32.4. The maximum atomic E-state index is 13.5. The summed E-state index contributed by atoms with van der Waals surface area (Å²) in [6, 6.07) is -0.887. The van der Waals surface area contributed by atoms with Gasteiger partial charge in [0.2, 0.25) is 5.91 Å². The smallest absolute Gasteiger partial charge is 0.306 e. The molecule has 0 spiro atoms. The number of nitrogens with one attached hydrogen (secondary N) is 1. The lowest BCUT2D eigenvalue weighted by molar-refractivity contribution is -0.870. The Morgan fingerprint density at radius 1 is 0.537 bits per heavy atom. The van der Waals surface area contributed by atoms with Gasteiger partial charge in [-0.25, -0.2) is 0 Å². The van der Waals surface area contributed by atoms with Crippen LogP contribution in [0.2, 0.25) is 0 Å². The van der Waals surface area contributed by atoms with Crippen LogP contribution in [-0.4, -0.2) is 69.4 Å². The van der Waals surface area contributed by atoms with Crippen LogP contribution in [0.5, 0.6) is 0 Å². The highest BCUT2D eigenvalue weighted by Crippen LogP contribution is 2.38. The Morgan fingerprint density at radius 2 is 0.955 bits per heavy atom. The van der Waals surface area contributed by atoms with E-state index in [0.717, 1.165) is 83.5 Å². The molecule has 0 aliphatic heterocycles. The first-order valence-electron chi connectivity index (χ1n) is 28.3. The number of nitrogens with zero attached hydrogens (tertiary/aromatic N) is 1. The molecule has 1 N–H and O–H groups in total. The molecule has 0 aliphatic carbocycles. The van der Waals surface area contributed by atoms with Crippen molar-refractivity contribution in [2.24, 2.45) is 0 Å². The van der Waals surface area contributed by atoms with Gasteiger partial charge in [0.15, 0.2) is 0 Å². The molecular weight excluding hydrogens is 856 g/mol. The van der Waals surface area contributed by atoms with Crippen LogP contribution in [0.25, 0.3) is 0 Å². The van der Waals surface area contributed by atoms with Crippen LogP contribution in [-0.2, 0) is 27.9 Å². The first kappa shape index (κ1) is 65.2. The number of unbranched alkanes of at least 4 members (excludes halogenated alkanes) is 31. The van der Waals surface area contributed by atoms with Crippen LogP contribution in [0.4, 0.5) is 0 Å². The molecular formula is C57H109N2O7P. The summed E-state index contributed by atoms with van der Waals surface area (Å²) >= 11 is 0. The number of hydrogen-bond donors (Lipinski definition) is 1. The van der Waals surface area contributed by atoms with Crippen molar-refractivity contribution in [3.8, 4) is 0 Å². The zero-order chi connectivity index (χ0) is 49.4. The maximum Gasteiger partial charge on any atom is 0.306 e. The Labute approximate surface area is 415 Å². The summed E-state index contributed by atoms with van der Waals surface area (Å²) in [6.45, 7) is 6.74. The lowest BCUT2D eigenvalue weighted by Crippen LogP contribution is -2.47. The van der Waals surface area contributed by atoms with Crippen LogP contribution in [0.1, 0.15) is 265 Å². The highest BCUT2D eigenvalue weighted by molar-refractivity contribution is 7.45. The SMILES string of the molecule is CC/C=C/C/C=C/CCCCCCCCCC(=O)NC(COP(=O)([O-])OCC[N+](C)(C)C)C(/C=C/CCCCCCCCCCCC)OC(=O)CCCCCCCCCCCCCCCCC. The summed E-state index contributed by atoms with van der Waals surface area (Å²) in [6.07, 6.45) is 55.3. The Bertz CT molecular complexity index is 1250. The molecule has 0 fully saturated rings. The van der Waals surface area contributed by atoms with E-state index in [-0.39, 0.29) is 31.5 Å². The minimum absolute atomic E-state index is 0.0221. The van der Waals surface area contributed by atoms with E-state index in [9.17, 15) is 19.0 Å². The number of quaternary nitrogens is 1. The third kappa shape index (κ3) is 49.0. The number of phosphoric ester groups is 1. The van der Waals surface area contributed by atoms with Crippen molar-refractivity contribution in [1.29, 1.82) is 0 Å². The van der Waals surface area contributed by atoms with Crippen LogP contribution in [0, 0.1) is 0 Å². The van der Waals surface area contributed by atoms with E-state index in [1.807, 2.05) is 33.3 Å². The second kappa shape index (κ2) is 47.9. The number of hydrogen-bond acceptors (Lipinski definition) is 7. The zero-order valence-electron chi connectivity index (χ0n) is 44.9. The van der Waals surface area contributed by atoms with Crippen LogP contribution in [0.3, 0.4) is 0 Å². The molecule has 394 valence electrons. The number of allylic oxidation sites excluding steroid dienone is 5. The molecule has 1 amide bonds. The van der Waals surface area contributed by atoms with Crippen molar-refractivity contribution in [2.75, 3.05) is 40.9 Å². The highest BCUT2D eigenvalue weighted by atomic mass is 31.2. The Kier molecular flexibility index (Phi) is 46.6. The number of esters is 1. The molecule has 0 aromatic heterocycles. The van der Waals surface area contributed by atoms with Gasteiger partial charge in [-0.2, -0.15) is 0 Å².